The number of nitrogens with one attached hydrogen (secondary N) is 1. The van der Waals surface area contributed by atoms with Crippen LogP contribution >= 0.6 is 22.9 Å². The second-order valence-corrected chi connectivity index (χ2v) is 5.69. The van der Waals surface area contributed by atoms with E-state index in [2.05, 4.69) is 24.5 Å². The van der Waals surface area contributed by atoms with E-state index in [1.54, 1.807) is 24.5 Å². The van der Waals surface area contributed by atoms with Crippen LogP contribution in [0.25, 0.3) is 0 Å². The number of benzene rings is 1. The van der Waals surface area contributed by atoms with E-state index in [-0.39, 0.29) is 6.04 Å². The van der Waals surface area contributed by atoms with E-state index in [0.29, 0.717) is 5.02 Å². The van der Waals surface area contributed by atoms with E-state index in [0.717, 1.165) is 16.2 Å². The predicted molar refractivity (Wildman–Crippen MR) is 76.2 cm³/mol. The molecule has 1 unspecified atom stereocenters. The highest BCUT2D eigenvalue weighted by Gasteiger charge is 2.18. The summed E-state index contributed by atoms with van der Waals surface area (Å²) in [5.74, 6) is 6.41. The quantitative estimate of drug-likeness (QED) is 0.668. The summed E-state index contributed by atoms with van der Waals surface area (Å²) in [6, 6.07) is 9.62. The minimum atomic E-state index is -0.0871. The minimum absolute atomic E-state index is 0.0871. The number of halogens is 1. The minimum Gasteiger partial charge on any atom is -0.496 e. The lowest BCUT2D eigenvalue weighted by molar-refractivity contribution is 0.404. The Morgan fingerprint density at radius 1 is 1.33 bits per heavy atom. The van der Waals surface area contributed by atoms with Gasteiger partial charge in [0.05, 0.1) is 13.2 Å². The highest BCUT2D eigenvalue weighted by molar-refractivity contribution is 7.12. The molecule has 0 saturated heterocycles. The van der Waals surface area contributed by atoms with Crippen molar-refractivity contribution in [3.63, 3.8) is 0 Å². The van der Waals surface area contributed by atoms with E-state index in [4.69, 9.17) is 22.2 Å². The standard InChI is InChI=1S/C13H15ClN2OS/c1-8-3-6-12(18-8)13(16-15)10-5-4-9(14)7-11(10)17-2/h3-7,13,16H,15H2,1-2H3. The van der Waals surface area contributed by atoms with Crippen molar-refractivity contribution in [2.24, 2.45) is 5.84 Å². The van der Waals surface area contributed by atoms with Gasteiger partial charge in [0.2, 0.25) is 0 Å². The lowest BCUT2D eigenvalue weighted by atomic mass is 10.0. The van der Waals surface area contributed by atoms with Gasteiger partial charge in [-0.2, -0.15) is 0 Å². The Kier molecular flexibility index (Phi) is 4.24. The van der Waals surface area contributed by atoms with Gasteiger partial charge in [-0.25, -0.2) is 5.43 Å². The second-order valence-electron chi connectivity index (χ2n) is 3.93. The number of hydrogen-bond donors (Lipinski definition) is 2. The Morgan fingerprint density at radius 3 is 2.67 bits per heavy atom. The summed E-state index contributed by atoms with van der Waals surface area (Å²) in [5, 5.41) is 0.647. The fourth-order valence-corrected chi connectivity index (χ4v) is 2.98. The SMILES string of the molecule is COc1cc(Cl)ccc1C(NN)c1ccc(C)s1. The maximum absolute atomic E-state index is 5.96. The van der Waals surface area contributed by atoms with Gasteiger partial charge in [-0.3, -0.25) is 5.84 Å². The smallest absolute Gasteiger partial charge is 0.125 e. The Labute approximate surface area is 116 Å². The maximum atomic E-state index is 5.96. The maximum Gasteiger partial charge on any atom is 0.125 e. The second kappa shape index (κ2) is 5.71. The van der Waals surface area contributed by atoms with Crippen molar-refractivity contribution in [3.05, 3.63) is 50.7 Å². The normalized spacial score (nSPS) is 12.4. The number of aryl methyl sites for hydroxylation is 1. The third-order valence-corrected chi connectivity index (χ3v) is 4.02. The number of hydrogen-bond acceptors (Lipinski definition) is 4. The van der Waals surface area contributed by atoms with E-state index < -0.39 is 0 Å². The van der Waals surface area contributed by atoms with Crippen LogP contribution in [-0.2, 0) is 0 Å². The fraction of sp³-hybridized carbons (Fsp3) is 0.231. The van der Waals surface area contributed by atoms with Crippen molar-refractivity contribution in [2.45, 2.75) is 13.0 Å². The number of hydrazine groups is 1. The van der Waals surface area contributed by atoms with Gasteiger partial charge < -0.3 is 4.74 Å². The summed E-state index contributed by atoms with van der Waals surface area (Å²) in [6.07, 6.45) is 0. The molecule has 1 aromatic heterocycles. The van der Waals surface area contributed by atoms with Crippen LogP contribution in [0.15, 0.2) is 30.3 Å². The molecule has 96 valence electrons. The van der Waals surface area contributed by atoms with Crippen LogP contribution in [0.5, 0.6) is 5.75 Å². The van der Waals surface area contributed by atoms with E-state index in [1.165, 1.54) is 4.88 Å². The van der Waals surface area contributed by atoms with Gasteiger partial charge in [0, 0.05) is 20.3 Å². The predicted octanol–water partition coefficient (Wildman–Crippen LogP) is 3.27. The number of methoxy groups -OCH3 is 1. The van der Waals surface area contributed by atoms with Gasteiger partial charge in [-0.15, -0.1) is 11.3 Å². The van der Waals surface area contributed by atoms with Crippen molar-refractivity contribution in [2.75, 3.05) is 7.11 Å². The van der Waals surface area contributed by atoms with Gasteiger partial charge in [0.1, 0.15) is 5.75 Å². The molecule has 1 aromatic carbocycles. The van der Waals surface area contributed by atoms with Crippen molar-refractivity contribution in [1.29, 1.82) is 0 Å². The van der Waals surface area contributed by atoms with Gasteiger partial charge in [0.15, 0.2) is 0 Å². The molecule has 2 aromatic rings. The first-order valence-corrected chi connectivity index (χ1v) is 6.71. The summed E-state index contributed by atoms with van der Waals surface area (Å²) in [5.41, 5.74) is 3.81. The first-order chi connectivity index (χ1) is 8.65. The number of rotatable bonds is 4. The Hall–Kier alpha value is -1.07. The molecule has 0 aliphatic carbocycles. The largest absolute Gasteiger partial charge is 0.496 e. The summed E-state index contributed by atoms with van der Waals surface area (Å²) in [6.45, 7) is 2.07. The highest BCUT2D eigenvalue weighted by atomic mass is 35.5. The summed E-state index contributed by atoms with van der Waals surface area (Å²) in [7, 11) is 1.63. The van der Waals surface area contributed by atoms with Gasteiger partial charge in [0.25, 0.3) is 0 Å². The highest BCUT2D eigenvalue weighted by Crippen LogP contribution is 2.34. The summed E-state index contributed by atoms with van der Waals surface area (Å²) < 4.78 is 5.36. The lowest BCUT2D eigenvalue weighted by Crippen LogP contribution is -2.28. The first-order valence-electron chi connectivity index (χ1n) is 5.51. The van der Waals surface area contributed by atoms with Crippen LogP contribution < -0.4 is 16.0 Å². The van der Waals surface area contributed by atoms with E-state index >= 15 is 0 Å². The van der Waals surface area contributed by atoms with Crippen LogP contribution in [0.4, 0.5) is 0 Å². The topological polar surface area (TPSA) is 47.3 Å². The van der Waals surface area contributed by atoms with Crippen LogP contribution in [-0.4, -0.2) is 7.11 Å². The molecule has 0 bridgehead atoms. The summed E-state index contributed by atoms with van der Waals surface area (Å²) >= 11 is 7.67. The molecule has 0 aliphatic rings. The molecule has 0 fully saturated rings. The van der Waals surface area contributed by atoms with E-state index in [9.17, 15) is 0 Å². The molecular weight excluding hydrogens is 268 g/mol. The third-order valence-electron chi connectivity index (χ3n) is 2.72. The van der Waals surface area contributed by atoms with Gasteiger partial charge >= 0.3 is 0 Å². The zero-order chi connectivity index (χ0) is 13.1. The third kappa shape index (κ3) is 2.67. The first kappa shape index (κ1) is 13.4. The van der Waals surface area contributed by atoms with Crippen LogP contribution in [0.2, 0.25) is 5.02 Å². The van der Waals surface area contributed by atoms with E-state index in [1.807, 2.05) is 12.1 Å². The monoisotopic (exact) mass is 282 g/mol. The Bertz CT molecular complexity index is 542. The van der Waals surface area contributed by atoms with Crippen molar-refractivity contribution in [3.8, 4) is 5.75 Å². The van der Waals surface area contributed by atoms with Crippen LogP contribution in [0.3, 0.4) is 0 Å². The Balaban J connectivity index is 2.44. The van der Waals surface area contributed by atoms with Crippen molar-refractivity contribution < 1.29 is 4.74 Å². The molecule has 1 atom stereocenters. The zero-order valence-electron chi connectivity index (χ0n) is 10.2. The van der Waals surface area contributed by atoms with Gasteiger partial charge in [-0.1, -0.05) is 17.7 Å². The fourth-order valence-electron chi connectivity index (χ4n) is 1.86. The zero-order valence-corrected chi connectivity index (χ0v) is 11.8. The molecule has 3 N–H and O–H groups in total. The average molecular weight is 283 g/mol. The molecule has 0 saturated carbocycles. The molecular formula is C13H15ClN2OS. The number of nitrogens with two attached hydrogens (primary N) is 1. The molecule has 2 rings (SSSR count). The van der Waals surface area contributed by atoms with Crippen molar-refractivity contribution in [1.82, 2.24) is 5.43 Å². The number of ether oxygens (including phenoxy) is 1. The molecule has 3 nitrogen and oxygen atoms in total. The molecule has 0 spiro atoms. The summed E-state index contributed by atoms with van der Waals surface area (Å²) in [4.78, 5) is 2.40. The van der Waals surface area contributed by atoms with Crippen LogP contribution in [0, 0.1) is 6.92 Å². The van der Waals surface area contributed by atoms with Crippen LogP contribution in [0.1, 0.15) is 21.4 Å². The lowest BCUT2D eigenvalue weighted by Gasteiger charge is -2.18. The molecule has 0 amide bonds. The van der Waals surface area contributed by atoms with Crippen molar-refractivity contribution >= 4 is 22.9 Å². The number of thiophene rings is 1. The molecule has 5 heteroatoms. The molecule has 0 radical (unpaired) electrons. The molecule has 18 heavy (non-hydrogen) atoms. The molecule has 0 aliphatic heterocycles. The van der Waals surface area contributed by atoms with Gasteiger partial charge in [-0.05, 0) is 31.2 Å². The Morgan fingerprint density at radius 2 is 2.11 bits per heavy atom. The average Bonchev–Trinajstić information content (AvgIpc) is 2.78. The molecule has 1 heterocycles.